The number of rotatable bonds is 5. The lowest BCUT2D eigenvalue weighted by Gasteiger charge is -2.21. The third-order valence-corrected chi connectivity index (χ3v) is 3.71. The molecule has 0 saturated carbocycles. The first-order valence-corrected chi connectivity index (χ1v) is 7.27. The maximum absolute atomic E-state index is 14.1. The van der Waals surface area contributed by atoms with E-state index in [2.05, 4.69) is 26.3 Å². The summed E-state index contributed by atoms with van der Waals surface area (Å²) < 4.78 is 30.6. The Balaban J connectivity index is 2.59. The Morgan fingerprint density at radius 3 is 2.50 bits per heavy atom. The van der Waals surface area contributed by atoms with Gasteiger partial charge < -0.3 is 5.32 Å². The fourth-order valence-electron chi connectivity index (χ4n) is 2.24. The van der Waals surface area contributed by atoms with Crippen molar-refractivity contribution < 1.29 is 8.78 Å². The van der Waals surface area contributed by atoms with Crippen LogP contribution in [0.1, 0.15) is 31.1 Å². The SMILES string of the molecule is CCNC(c1c(F)cccc1F)c1c(Br)cnn1CC. The molecule has 1 aromatic carbocycles. The van der Waals surface area contributed by atoms with Crippen LogP contribution in [0.25, 0.3) is 0 Å². The van der Waals surface area contributed by atoms with E-state index in [1.807, 2.05) is 13.8 Å². The van der Waals surface area contributed by atoms with Gasteiger partial charge in [-0.25, -0.2) is 8.78 Å². The molecule has 0 fully saturated rings. The molecule has 0 aliphatic heterocycles. The second-order valence-corrected chi connectivity index (χ2v) is 5.17. The number of halogens is 3. The van der Waals surface area contributed by atoms with Crippen molar-refractivity contribution >= 4 is 15.9 Å². The molecule has 0 amide bonds. The molecule has 0 radical (unpaired) electrons. The Bertz CT molecular complexity index is 578. The summed E-state index contributed by atoms with van der Waals surface area (Å²) in [5, 5.41) is 7.33. The summed E-state index contributed by atoms with van der Waals surface area (Å²) in [5.41, 5.74) is 0.739. The summed E-state index contributed by atoms with van der Waals surface area (Å²) in [4.78, 5) is 0. The van der Waals surface area contributed by atoms with E-state index in [4.69, 9.17) is 0 Å². The molecule has 0 aliphatic rings. The highest BCUT2D eigenvalue weighted by atomic mass is 79.9. The zero-order valence-corrected chi connectivity index (χ0v) is 12.9. The van der Waals surface area contributed by atoms with Crippen LogP contribution in [0.2, 0.25) is 0 Å². The van der Waals surface area contributed by atoms with Crippen LogP contribution in [0.15, 0.2) is 28.9 Å². The van der Waals surface area contributed by atoms with E-state index in [0.29, 0.717) is 13.1 Å². The summed E-state index contributed by atoms with van der Waals surface area (Å²) in [5.74, 6) is -1.13. The molecule has 3 nitrogen and oxygen atoms in total. The third kappa shape index (κ3) is 2.76. The van der Waals surface area contributed by atoms with Crippen molar-refractivity contribution in [3.63, 3.8) is 0 Å². The van der Waals surface area contributed by atoms with Gasteiger partial charge in [0.2, 0.25) is 0 Å². The standard InChI is InChI=1S/C14H16BrF2N3/c1-3-18-13(12-10(16)6-5-7-11(12)17)14-9(15)8-19-20(14)4-2/h5-8,13,18H,3-4H2,1-2H3. The van der Waals surface area contributed by atoms with E-state index in [1.54, 1.807) is 10.9 Å². The number of hydrogen-bond donors (Lipinski definition) is 1. The van der Waals surface area contributed by atoms with Gasteiger partial charge >= 0.3 is 0 Å². The van der Waals surface area contributed by atoms with Crippen molar-refractivity contribution in [1.29, 1.82) is 0 Å². The average molecular weight is 344 g/mol. The minimum atomic E-state index is -0.585. The lowest BCUT2D eigenvalue weighted by atomic mass is 10.0. The van der Waals surface area contributed by atoms with Crippen LogP contribution in [0.5, 0.6) is 0 Å². The fourth-order valence-corrected chi connectivity index (χ4v) is 2.76. The molecule has 2 aromatic rings. The highest BCUT2D eigenvalue weighted by molar-refractivity contribution is 9.10. The molecule has 0 saturated heterocycles. The van der Waals surface area contributed by atoms with Gasteiger partial charge in [0.15, 0.2) is 0 Å². The van der Waals surface area contributed by atoms with Crippen LogP contribution < -0.4 is 5.32 Å². The van der Waals surface area contributed by atoms with Gasteiger partial charge in [-0.05, 0) is 41.5 Å². The third-order valence-electron chi connectivity index (χ3n) is 3.10. The Labute approximate surface area is 125 Å². The quantitative estimate of drug-likeness (QED) is 0.898. The zero-order valence-electron chi connectivity index (χ0n) is 11.3. The minimum Gasteiger partial charge on any atom is -0.305 e. The number of benzene rings is 1. The molecule has 2 rings (SSSR count). The minimum absolute atomic E-state index is 0.0188. The number of aromatic nitrogens is 2. The molecular weight excluding hydrogens is 328 g/mol. The maximum atomic E-state index is 14.1. The maximum Gasteiger partial charge on any atom is 0.131 e. The largest absolute Gasteiger partial charge is 0.305 e. The van der Waals surface area contributed by atoms with Gasteiger partial charge in [-0.15, -0.1) is 0 Å². The number of hydrogen-bond acceptors (Lipinski definition) is 2. The Morgan fingerprint density at radius 1 is 1.30 bits per heavy atom. The monoisotopic (exact) mass is 343 g/mol. The summed E-state index contributed by atoms with van der Waals surface area (Å²) in [6.45, 7) is 5.04. The van der Waals surface area contributed by atoms with Crippen molar-refractivity contribution in [3.05, 3.63) is 51.8 Å². The average Bonchev–Trinajstić information content (AvgIpc) is 2.78. The zero-order chi connectivity index (χ0) is 14.7. The molecule has 6 heteroatoms. The normalized spacial score (nSPS) is 12.7. The van der Waals surface area contributed by atoms with Crippen molar-refractivity contribution in [2.24, 2.45) is 0 Å². The van der Waals surface area contributed by atoms with Gasteiger partial charge in [0.05, 0.1) is 22.4 Å². The first-order chi connectivity index (χ1) is 9.60. The van der Waals surface area contributed by atoms with E-state index in [1.165, 1.54) is 18.2 Å². The van der Waals surface area contributed by atoms with Crippen molar-refractivity contribution in [3.8, 4) is 0 Å². The van der Waals surface area contributed by atoms with Gasteiger partial charge in [0, 0.05) is 12.1 Å². The molecule has 1 atom stereocenters. The second kappa shape index (κ2) is 6.45. The van der Waals surface area contributed by atoms with Crippen LogP contribution in [0.4, 0.5) is 8.78 Å². The lowest BCUT2D eigenvalue weighted by Crippen LogP contribution is -2.27. The van der Waals surface area contributed by atoms with Crippen molar-refractivity contribution in [2.75, 3.05) is 6.54 Å². The van der Waals surface area contributed by atoms with Crippen LogP contribution in [-0.2, 0) is 6.54 Å². The lowest BCUT2D eigenvalue weighted by molar-refractivity contribution is 0.483. The molecule has 108 valence electrons. The van der Waals surface area contributed by atoms with Crippen LogP contribution in [0.3, 0.4) is 0 Å². The first-order valence-electron chi connectivity index (χ1n) is 6.48. The molecule has 1 unspecified atom stereocenters. The molecule has 0 bridgehead atoms. The van der Waals surface area contributed by atoms with Crippen LogP contribution >= 0.6 is 15.9 Å². The molecule has 20 heavy (non-hydrogen) atoms. The number of nitrogens with zero attached hydrogens (tertiary/aromatic N) is 2. The van der Waals surface area contributed by atoms with Gasteiger partial charge in [-0.2, -0.15) is 5.10 Å². The molecule has 1 heterocycles. The summed E-state index contributed by atoms with van der Waals surface area (Å²) in [6, 6.07) is 3.31. The molecule has 0 spiro atoms. The molecule has 1 N–H and O–H groups in total. The Kier molecular flexibility index (Phi) is 4.88. The summed E-state index contributed by atoms with van der Waals surface area (Å²) in [7, 11) is 0. The first kappa shape index (κ1) is 15.1. The smallest absolute Gasteiger partial charge is 0.131 e. The van der Waals surface area contributed by atoms with E-state index in [0.717, 1.165) is 10.2 Å². The summed E-state index contributed by atoms with van der Waals surface area (Å²) in [6.07, 6.45) is 1.64. The Hall–Kier alpha value is -1.27. The highest BCUT2D eigenvalue weighted by Gasteiger charge is 2.26. The van der Waals surface area contributed by atoms with Gasteiger partial charge in [-0.3, -0.25) is 4.68 Å². The molecular formula is C14H16BrF2N3. The topological polar surface area (TPSA) is 29.9 Å². The predicted octanol–water partition coefficient (Wildman–Crippen LogP) is 3.64. The van der Waals surface area contributed by atoms with E-state index < -0.39 is 17.7 Å². The van der Waals surface area contributed by atoms with Gasteiger partial charge in [0.1, 0.15) is 11.6 Å². The van der Waals surface area contributed by atoms with E-state index in [9.17, 15) is 8.78 Å². The summed E-state index contributed by atoms with van der Waals surface area (Å²) >= 11 is 3.41. The molecule has 0 aliphatic carbocycles. The number of aryl methyl sites for hydroxylation is 1. The fraction of sp³-hybridized carbons (Fsp3) is 0.357. The van der Waals surface area contributed by atoms with Crippen molar-refractivity contribution in [1.82, 2.24) is 15.1 Å². The number of nitrogens with one attached hydrogen (secondary N) is 1. The predicted molar refractivity (Wildman–Crippen MR) is 77.5 cm³/mol. The van der Waals surface area contributed by atoms with Crippen molar-refractivity contribution in [2.45, 2.75) is 26.4 Å². The van der Waals surface area contributed by atoms with E-state index in [-0.39, 0.29) is 5.56 Å². The second-order valence-electron chi connectivity index (χ2n) is 4.32. The van der Waals surface area contributed by atoms with Gasteiger partial charge in [-0.1, -0.05) is 13.0 Å². The van der Waals surface area contributed by atoms with Crippen LogP contribution in [-0.4, -0.2) is 16.3 Å². The molecule has 1 aromatic heterocycles. The highest BCUT2D eigenvalue weighted by Crippen LogP contribution is 2.31. The van der Waals surface area contributed by atoms with E-state index >= 15 is 0 Å². The Morgan fingerprint density at radius 2 is 1.95 bits per heavy atom. The van der Waals surface area contributed by atoms with Gasteiger partial charge in [0.25, 0.3) is 0 Å². The van der Waals surface area contributed by atoms with Crippen LogP contribution in [0, 0.1) is 11.6 Å².